The second kappa shape index (κ2) is 7.95. The third-order valence-corrected chi connectivity index (χ3v) is 6.53. The second-order valence-electron chi connectivity index (χ2n) is 7.96. The third-order valence-electron chi connectivity index (χ3n) is 6.53. The predicted octanol–water partition coefficient (Wildman–Crippen LogP) is 3.42. The first-order chi connectivity index (χ1) is 12.5. The number of hydrogen-bond donors (Lipinski definition) is 1. The highest BCUT2D eigenvalue weighted by molar-refractivity contribution is 5.85. The number of rotatable bonds is 6. The highest BCUT2D eigenvalue weighted by atomic mass is 19.1. The molecular formula is C21H32FN3O. The van der Waals surface area contributed by atoms with E-state index in [4.69, 9.17) is 0 Å². The molecule has 2 aliphatic heterocycles. The van der Waals surface area contributed by atoms with Gasteiger partial charge in [0, 0.05) is 44.0 Å². The number of hydrogen-bond acceptors (Lipinski definition) is 3. The molecule has 0 aromatic heterocycles. The van der Waals surface area contributed by atoms with Crippen molar-refractivity contribution in [2.24, 2.45) is 5.41 Å². The number of benzene rings is 1. The number of carbonyl (C=O) groups is 1. The first-order valence-corrected chi connectivity index (χ1v) is 10.0. The van der Waals surface area contributed by atoms with Gasteiger partial charge in [-0.25, -0.2) is 4.39 Å². The van der Waals surface area contributed by atoms with Gasteiger partial charge >= 0.3 is 0 Å². The summed E-state index contributed by atoms with van der Waals surface area (Å²) < 4.78 is 13.1. The van der Waals surface area contributed by atoms with Crippen molar-refractivity contribution in [2.75, 3.05) is 31.1 Å². The standard InChI is InChI=1S/C21H32FN3O/c1-4-21(5-2)14-18(23-20(21)26)10-11-24-12-13-25(15-16(24)3)19-8-6-17(22)7-9-19/h6-9,16,18H,4-5,10-15H2,1-3H3,(H,23,26). The van der Waals surface area contributed by atoms with Crippen LogP contribution in [0.1, 0.15) is 46.5 Å². The lowest BCUT2D eigenvalue weighted by Crippen LogP contribution is -2.52. The zero-order valence-electron chi connectivity index (χ0n) is 16.3. The fraction of sp³-hybridized carbons (Fsp3) is 0.667. The summed E-state index contributed by atoms with van der Waals surface area (Å²) in [5.74, 6) is 0.0657. The number of halogens is 1. The summed E-state index contributed by atoms with van der Waals surface area (Å²) in [6.45, 7) is 10.5. The number of nitrogens with zero attached hydrogens (tertiary/aromatic N) is 2. The molecule has 1 aromatic carbocycles. The maximum atomic E-state index is 13.1. The summed E-state index contributed by atoms with van der Waals surface area (Å²) in [7, 11) is 0. The van der Waals surface area contributed by atoms with E-state index in [-0.39, 0.29) is 17.1 Å². The Bertz CT molecular complexity index is 614. The summed E-state index contributed by atoms with van der Waals surface area (Å²) in [5, 5.41) is 3.23. The number of piperazine rings is 1. The average Bonchev–Trinajstić information content (AvgIpc) is 2.97. The Labute approximate surface area is 156 Å². The molecule has 2 fully saturated rings. The SMILES string of the molecule is CCC1(CC)CC(CCN2CCN(c3ccc(F)cc3)CC2C)NC1=O. The molecular weight excluding hydrogens is 329 g/mol. The normalized spacial score (nSPS) is 26.2. The van der Waals surface area contributed by atoms with E-state index < -0.39 is 0 Å². The minimum absolute atomic E-state index is 0.141. The van der Waals surface area contributed by atoms with Crippen LogP contribution in [0.2, 0.25) is 0 Å². The quantitative estimate of drug-likeness (QED) is 0.843. The van der Waals surface area contributed by atoms with Crippen molar-refractivity contribution in [3.05, 3.63) is 30.1 Å². The van der Waals surface area contributed by atoms with Crippen LogP contribution in [0.4, 0.5) is 10.1 Å². The molecule has 2 atom stereocenters. The number of carbonyl (C=O) groups excluding carboxylic acids is 1. The lowest BCUT2D eigenvalue weighted by molar-refractivity contribution is -0.128. The Morgan fingerprint density at radius 3 is 2.46 bits per heavy atom. The Morgan fingerprint density at radius 2 is 1.88 bits per heavy atom. The Kier molecular flexibility index (Phi) is 5.86. The minimum Gasteiger partial charge on any atom is -0.369 e. The molecule has 0 aliphatic carbocycles. The van der Waals surface area contributed by atoms with Crippen molar-refractivity contribution in [3.8, 4) is 0 Å². The van der Waals surface area contributed by atoms with Crippen LogP contribution in [0.5, 0.6) is 0 Å². The van der Waals surface area contributed by atoms with E-state index in [0.717, 1.165) is 57.5 Å². The van der Waals surface area contributed by atoms with E-state index in [0.29, 0.717) is 12.1 Å². The van der Waals surface area contributed by atoms with Crippen molar-refractivity contribution in [1.82, 2.24) is 10.2 Å². The van der Waals surface area contributed by atoms with Gasteiger partial charge in [-0.3, -0.25) is 9.69 Å². The average molecular weight is 362 g/mol. The van der Waals surface area contributed by atoms with Crippen LogP contribution in [0, 0.1) is 11.2 Å². The molecule has 2 unspecified atom stereocenters. The smallest absolute Gasteiger partial charge is 0.226 e. The maximum absolute atomic E-state index is 13.1. The van der Waals surface area contributed by atoms with Crippen LogP contribution in [-0.2, 0) is 4.79 Å². The zero-order chi connectivity index (χ0) is 18.7. The molecule has 5 heteroatoms. The van der Waals surface area contributed by atoms with E-state index in [9.17, 15) is 9.18 Å². The Hall–Kier alpha value is -1.62. The van der Waals surface area contributed by atoms with Crippen molar-refractivity contribution in [1.29, 1.82) is 0 Å². The lowest BCUT2D eigenvalue weighted by Gasteiger charge is -2.41. The van der Waals surface area contributed by atoms with Crippen LogP contribution in [0.15, 0.2) is 24.3 Å². The number of anilines is 1. The van der Waals surface area contributed by atoms with Crippen LogP contribution < -0.4 is 10.2 Å². The molecule has 0 spiro atoms. The molecule has 1 amide bonds. The molecule has 1 aromatic rings. The molecule has 0 bridgehead atoms. The van der Waals surface area contributed by atoms with E-state index in [1.54, 1.807) is 0 Å². The van der Waals surface area contributed by atoms with E-state index in [2.05, 4.69) is 35.9 Å². The molecule has 2 aliphatic rings. The summed E-state index contributed by atoms with van der Waals surface area (Å²) in [6.07, 6.45) is 3.86. The lowest BCUT2D eigenvalue weighted by atomic mass is 9.79. The van der Waals surface area contributed by atoms with Crippen molar-refractivity contribution in [3.63, 3.8) is 0 Å². The van der Waals surface area contributed by atoms with Gasteiger partial charge in [-0.05, 0) is 56.9 Å². The van der Waals surface area contributed by atoms with Crippen LogP contribution in [0.25, 0.3) is 0 Å². The van der Waals surface area contributed by atoms with Crippen LogP contribution >= 0.6 is 0 Å². The fourth-order valence-electron chi connectivity index (χ4n) is 4.52. The van der Waals surface area contributed by atoms with Crippen LogP contribution in [-0.4, -0.2) is 49.1 Å². The maximum Gasteiger partial charge on any atom is 0.226 e. The van der Waals surface area contributed by atoms with Gasteiger partial charge in [0.05, 0.1) is 5.41 Å². The highest BCUT2D eigenvalue weighted by Gasteiger charge is 2.43. The van der Waals surface area contributed by atoms with Crippen molar-refractivity contribution < 1.29 is 9.18 Å². The highest BCUT2D eigenvalue weighted by Crippen LogP contribution is 2.37. The third kappa shape index (κ3) is 3.88. The van der Waals surface area contributed by atoms with Gasteiger partial charge in [-0.15, -0.1) is 0 Å². The monoisotopic (exact) mass is 361 g/mol. The van der Waals surface area contributed by atoms with E-state index in [1.165, 1.54) is 12.1 Å². The molecule has 2 heterocycles. The summed E-state index contributed by atoms with van der Waals surface area (Å²) in [4.78, 5) is 17.2. The molecule has 144 valence electrons. The van der Waals surface area contributed by atoms with E-state index >= 15 is 0 Å². The van der Waals surface area contributed by atoms with Crippen molar-refractivity contribution >= 4 is 11.6 Å². The molecule has 0 saturated carbocycles. The van der Waals surface area contributed by atoms with Gasteiger partial charge < -0.3 is 10.2 Å². The van der Waals surface area contributed by atoms with Gasteiger partial charge in [0.2, 0.25) is 5.91 Å². The summed E-state index contributed by atoms with van der Waals surface area (Å²) in [5.41, 5.74) is 0.953. The Morgan fingerprint density at radius 1 is 1.19 bits per heavy atom. The van der Waals surface area contributed by atoms with Gasteiger partial charge in [0.15, 0.2) is 0 Å². The first-order valence-electron chi connectivity index (χ1n) is 10.0. The van der Waals surface area contributed by atoms with Gasteiger partial charge in [0.25, 0.3) is 0 Å². The second-order valence-corrected chi connectivity index (χ2v) is 7.96. The minimum atomic E-state index is -0.186. The fourth-order valence-corrected chi connectivity index (χ4v) is 4.52. The summed E-state index contributed by atoms with van der Waals surface area (Å²) in [6, 6.07) is 7.55. The largest absolute Gasteiger partial charge is 0.369 e. The van der Waals surface area contributed by atoms with Gasteiger partial charge in [0.1, 0.15) is 5.82 Å². The molecule has 4 nitrogen and oxygen atoms in total. The first kappa shape index (κ1) is 19.2. The van der Waals surface area contributed by atoms with Crippen molar-refractivity contribution in [2.45, 2.75) is 58.5 Å². The molecule has 2 saturated heterocycles. The zero-order valence-corrected chi connectivity index (χ0v) is 16.3. The topological polar surface area (TPSA) is 35.6 Å². The van der Waals surface area contributed by atoms with Gasteiger partial charge in [-0.1, -0.05) is 13.8 Å². The number of nitrogens with one attached hydrogen (secondary N) is 1. The van der Waals surface area contributed by atoms with E-state index in [1.807, 2.05) is 12.1 Å². The molecule has 26 heavy (non-hydrogen) atoms. The molecule has 0 radical (unpaired) electrons. The molecule has 1 N–H and O–H groups in total. The predicted molar refractivity (Wildman–Crippen MR) is 104 cm³/mol. The molecule has 3 rings (SSSR count). The Balaban J connectivity index is 1.50. The number of amides is 1. The van der Waals surface area contributed by atoms with Gasteiger partial charge in [-0.2, -0.15) is 0 Å². The summed E-state index contributed by atoms with van der Waals surface area (Å²) >= 11 is 0. The van der Waals surface area contributed by atoms with Crippen LogP contribution in [0.3, 0.4) is 0 Å².